The number of aryl methyl sites for hydroxylation is 1. The Morgan fingerprint density at radius 2 is 1.95 bits per heavy atom. The molecule has 1 N–H and O–H groups in total. The van der Waals surface area contributed by atoms with E-state index < -0.39 is 5.69 Å². The van der Waals surface area contributed by atoms with Gasteiger partial charge in [0.25, 0.3) is 5.56 Å². The van der Waals surface area contributed by atoms with Crippen LogP contribution in [-0.2, 0) is 6.42 Å². The van der Waals surface area contributed by atoms with Gasteiger partial charge in [-0.05, 0) is 31.9 Å². The minimum Gasteiger partial charge on any atom is -0.297 e. The van der Waals surface area contributed by atoms with Crippen molar-refractivity contribution >= 4 is 22.9 Å². The van der Waals surface area contributed by atoms with Crippen molar-refractivity contribution in [2.24, 2.45) is 0 Å². The average molecular weight is 327 g/mol. The summed E-state index contributed by atoms with van der Waals surface area (Å²) >= 11 is 7.69. The molecule has 0 saturated carbocycles. The normalized spacial score (nSPS) is 12.9. The largest absolute Gasteiger partial charge is 0.329 e. The van der Waals surface area contributed by atoms with E-state index in [1.807, 2.05) is 39.8 Å². The molecule has 4 nitrogen and oxygen atoms in total. The number of H-pyrrole nitrogens is 1. The van der Waals surface area contributed by atoms with Crippen LogP contribution in [0.1, 0.15) is 48.0 Å². The van der Waals surface area contributed by atoms with E-state index in [1.54, 1.807) is 11.3 Å². The van der Waals surface area contributed by atoms with Crippen molar-refractivity contribution in [3.8, 4) is 0 Å². The van der Waals surface area contributed by atoms with Gasteiger partial charge >= 0.3 is 5.69 Å². The molecule has 0 saturated heterocycles. The van der Waals surface area contributed by atoms with Crippen molar-refractivity contribution in [3.05, 3.63) is 53.4 Å². The fourth-order valence-corrected chi connectivity index (χ4v) is 3.81. The van der Waals surface area contributed by atoms with E-state index in [0.29, 0.717) is 12.0 Å². The van der Waals surface area contributed by atoms with E-state index in [2.05, 4.69) is 4.98 Å². The molecule has 0 aliphatic heterocycles. The molecule has 1 unspecified atom stereocenters. The lowest BCUT2D eigenvalue weighted by molar-refractivity contribution is 0.497. The number of rotatable bonds is 4. The van der Waals surface area contributed by atoms with Crippen molar-refractivity contribution in [2.45, 2.75) is 46.1 Å². The third kappa shape index (κ3) is 3.30. The average Bonchev–Trinajstić information content (AvgIpc) is 2.73. The molecular formula is C15H19ClN2O2S. The molecule has 0 spiro atoms. The van der Waals surface area contributed by atoms with Gasteiger partial charge in [0.2, 0.25) is 0 Å². The second-order valence-corrected chi connectivity index (χ2v) is 7.30. The van der Waals surface area contributed by atoms with Gasteiger partial charge in [-0.25, -0.2) is 4.79 Å². The van der Waals surface area contributed by atoms with E-state index in [1.165, 1.54) is 9.44 Å². The molecule has 1 atom stereocenters. The van der Waals surface area contributed by atoms with Crippen LogP contribution in [0.5, 0.6) is 0 Å². The maximum absolute atomic E-state index is 12.6. The molecule has 0 amide bonds. The summed E-state index contributed by atoms with van der Waals surface area (Å²) in [5.74, 6) is -0.0377. The van der Waals surface area contributed by atoms with E-state index >= 15 is 0 Å². The van der Waals surface area contributed by atoms with Crippen molar-refractivity contribution in [1.82, 2.24) is 9.55 Å². The van der Waals surface area contributed by atoms with Gasteiger partial charge < -0.3 is 0 Å². The Kier molecular flexibility index (Phi) is 4.74. The summed E-state index contributed by atoms with van der Waals surface area (Å²) in [6.45, 7) is 7.69. The summed E-state index contributed by atoms with van der Waals surface area (Å²) in [4.78, 5) is 29.6. The number of hydrogen-bond donors (Lipinski definition) is 1. The van der Waals surface area contributed by atoms with Crippen molar-refractivity contribution in [3.63, 3.8) is 0 Å². The second-order valence-electron chi connectivity index (χ2n) is 5.55. The highest BCUT2D eigenvalue weighted by Gasteiger charge is 2.19. The standard InChI is InChI=1S/C15H19ClN2O2S/c1-8(2)12-13(16)17-15(20)18(14(12)19)9(3)7-11-6-5-10(4)21-11/h5-6,8-9H,7H2,1-4H3,(H,17,20). The van der Waals surface area contributed by atoms with Crippen LogP contribution in [-0.4, -0.2) is 9.55 Å². The molecule has 2 rings (SSSR count). The van der Waals surface area contributed by atoms with Gasteiger partial charge in [0.1, 0.15) is 5.15 Å². The maximum atomic E-state index is 12.6. The van der Waals surface area contributed by atoms with Crippen LogP contribution < -0.4 is 11.2 Å². The SMILES string of the molecule is Cc1ccc(CC(C)n2c(=O)[nH]c(Cl)c(C(C)C)c2=O)s1. The molecular weight excluding hydrogens is 308 g/mol. The third-order valence-electron chi connectivity index (χ3n) is 3.43. The Balaban J connectivity index is 2.46. The van der Waals surface area contributed by atoms with Gasteiger partial charge in [-0.2, -0.15) is 0 Å². The van der Waals surface area contributed by atoms with Crippen LogP contribution in [0.4, 0.5) is 0 Å². The van der Waals surface area contributed by atoms with E-state index in [4.69, 9.17) is 11.6 Å². The first-order valence-electron chi connectivity index (χ1n) is 6.90. The molecule has 6 heteroatoms. The minimum atomic E-state index is -0.449. The van der Waals surface area contributed by atoms with Gasteiger partial charge in [-0.1, -0.05) is 25.4 Å². The Hall–Kier alpha value is -1.33. The summed E-state index contributed by atoms with van der Waals surface area (Å²) in [6, 6.07) is 3.87. The first kappa shape index (κ1) is 16.0. The van der Waals surface area contributed by atoms with E-state index in [-0.39, 0.29) is 22.7 Å². The summed E-state index contributed by atoms with van der Waals surface area (Å²) in [6.07, 6.45) is 0.653. The van der Waals surface area contributed by atoms with Crippen molar-refractivity contribution in [2.75, 3.05) is 0 Å². The maximum Gasteiger partial charge on any atom is 0.329 e. The van der Waals surface area contributed by atoms with Crippen LogP contribution in [0, 0.1) is 6.92 Å². The molecule has 0 fully saturated rings. The Bertz CT molecular complexity index is 758. The van der Waals surface area contributed by atoms with Crippen molar-refractivity contribution in [1.29, 1.82) is 0 Å². The molecule has 2 heterocycles. The lowest BCUT2D eigenvalue weighted by Crippen LogP contribution is -2.40. The minimum absolute atomic E-state index is 0.0377. The number of aromatic nitrogens is 2. The Morgan fingerprint density at radius 1 is 1.29 bits per heavy atom. The Morgan fingerprint density at radius 3 is 2.48 bits per heavy atom. The van der Waals surface area contributed by atoms with Gasteiger partial charge in [-0.3, -0.25) is 14.3 Å². The highest BCUT2D eigenvalue weighted by atomic mass is 35.5. The van der Waals surface area contributed by atoms with Gasteiger partial charge in [0, 0.05) is 22.2 Å². The lowest BCUT2D eigenvalue weighted by atomic mass is 10.1. The van der Waals surface area contributed by atoms with E-state index in [9.17, 15) is 9.59 Å². The number of nitrogens with zero attached hydrogens (tertiary/aromatic N) is 1. The van der Waals surface area contributed by atoms with Crippen LogP contribution in [0.25, 0.3) is 0 Å². The summed E-state index contributed by atoms with van der Waals surface area (Å²) in [7, 11) is 0. The number of aromatic amines is 1. The second kappa shape index (κ2) is 6.20. The fourth-order valence-electron chi connectivity index (χ4n) is 2.42. The molecule has 0 aliphatic rings. The number of nitrogens with one attached hydrogen (secondary N) is 1. The molecule has 2 aromatic rings. The molecule has 0 aliphatic carbocycles. The van der Waals surface area contributed by atoms with Gasteiger partial charge in [-0.15, -0.1) is 11.3 Å². The molecule has 0 bridgehead atoms. The predicted molar refractivity (Wildman–Crippen MR) is 87.9 cm³/mol. The first-order chi connectivity index (χ1) is 9.81. The first-order valence-corrected chi connectivity index (χ1v) is 8.10. The predicted octanol–water partition coefficient (Wildman–Crippen LogP) is 3.49. The molecule has 0 aromatic carbocycles. The highest BCUT2D eigenvalue weighted by Crippen LogP contribution is 2.21. The number of thiophene rings is 1. The smallest absolute Gasteiger partial charge is 0.297 e. The summed E-state index contributed by atoms with van der Waals surface area (Å²) in [5, 5.41) is 0.149. The number of halogens is 1. The number of hydrogen-bond acceptors (Lipinski definition) is 3. The highest BCUT2D eigenvalue weighted by molar-refractivity contribution is 7.11. The monoisotopic (exact) mass is 326 g/mol. The topological polar surface area (TPSA) is 54.9 Å². The Labute approximate surface area is 132 Å². The molecule has 21 heavy (non-hydrogen) atoms. The van der Waals surface area contributed by atoms with Crippen LogP contribution in [0.3, 0.4) is 0 Å². The zero-order valence-corrected chi connectivity index (χ0v) is 14.1. The van der Waals surface area contributed by atoms with Crippen LogP contribution in [0.2, 0.25) is 5.15 Å². The van der Waals surface area contributed by atoms with Crippen molar-refractivity contribution < 1.29 is 0 Å². The molecule has 2 aromatic heterocycles. The van der Waals surface area contributed by atoms with Crippen LogP contribution >= 0.6 is 22.9 Å². The third-order valence-corrected chi connectivity index (χ3v) is 4.75. The van der Waals surface area contributed by atoms with Crippen LogP contribution in [0.15, 0.2) is 21.7 Å². The zero-order chi connectivity index (χ0) is 15.7. The quantitative estimate of drug-likeness (QED) is 0.874. The molecule has 114 valence electrons. The fraction of sp³-hybridized carbons (Fsp3) is 0.467. The lowest BCUT2D eigenvalue weighted by Gasteiger charge is -2.16. The summed E-state index contributed by atoms with van der Waals surface area (Å²) in [5.41, 5.74) is -0.278. The van der Waals surface area contributed by atoms with Gasteiger partial charge in [0.05, 0.1) is 5.56 Å². The van der Waals surface area contributed by atoms with Gasteiger partial charge in [0.15, 0.2) is 0 Å². The van der Waals surface area contributed by atoms with E-state index in [0.717, 1.165) is 4.88 Å². The summed E-state index contributed by atoms with van der Waals surface area (Å²) < 4.78 is 1.27. The molecule has 0 radical (unpaired) electrons. The zero-order valence-electron chi connectivity index (χ0n) is 12.6.